The largest absolute Gasteiger partial charge is 0.467 e. The molecule has 0 radical (unpaired) electrons. The standard InChI is InChI=1S/C30H40N4O7S/c1-40-29(38)25(15-9-10-17-31-30(39)41-20-23-13-7-4-8-14-23)33-28(37)26(19-22-11-5-3-6-12-22)34-27(36)24(32-21-35)16-18-42-2/h3-8,11-14,21,24-26H,9-10,15-20H2,1-2H3,(H,31,39)(H,32,35)(H,33,37)(H,34,36)/t24-,25-,26-/m0/s1. The van der Waals surface area contributed by atoms with Gasteiger partial charge in [-0.3, -0.25) is 14.4 Å². The Kier molecular flexibility index (Phi) is 16.2. The average molecular weight is 601 g/mol. The van der Waals surface area contributed by atoms with Gasteiger partial charge in [-0.15, -0.1) is 0 Å². The molecule has 0 spiro atoms. The SMILES string of the molecule is COC(=O)[C@H](CCCCNC(=O)OCc1ccccc1)NC(=O)[C@H](Cc1ccccc1)NC(=O)[C@H](CCSC)NC=O. The number of thioether (sulfide) groups is 1. The molecule has 0 heterocycles. The molecule has 0 saturated heterocycles. The fourth-order valence-electron chi connectivity index (χ4n) is 4.04. The molecular formula is C30H40N4O7S. The summed E-state index contributed by atoms with van der Waals surface area (Å²) < 4.78 is 10.1. The molecule has 2 aromatic carbocycles. The third-order valence-electron chi connectivity index (χ3n) is 6.32. The van der Waals surface area contributed by atoms with Gasteiger partial charge in [0.25, 0.3) is 0 Å². The van der Waals surface area contributed by atoms with Crippen LogP contribution in [0.4, 0.5) is 4.79 Å². The van der Waals surface area contributed by atoms with Crippen molar-refractivity contribution in [3.8, 4) is 0 Å². The Morgan fingerprint density at radius 3 is 2.07 bits per heavy atom. The van der Waals surface area contributed by atoms with Gasteiger partial charge in [-0.25, -0.2) is 9.59 Å². The minimum atomic E-state index is -1.00. The van der Waals surface area contributed by atoms with Gasteiger partial charge in [-0.05, 0) is 48.8 Å². The number of hydrogen-bond acceptors (Lipinski definition) is 8. The number of amides is 4. The Morgan fingerprint density at radius 1 is 0.833 bits per heavy atom. The second-order valence-electron chi connectivity index (χ2n) is 9.44. The first-order valence-electron chi connectivity index (χ1n) is 13.7. The van der Waals surface area contributed by atoms with E-state index in [1.54, 1.807) is 0 Å². The Balaban J connectivity index is 1.95. The quantitative estimate of drug-likeness (QED) is 0.109. The van der Waals surface area contributed by atoms with Crippen LogP contribution in [0.1, 0.15) is 36.8 Å². The number of methoxy groups -OCH3 is 1. The maximum Gasteiger partial charge on any atom is 0.407 e. The molecule has 3 atom stereocenters. The van der Waals surface area contributed by atoms with E-state index in [9.17, 15) is 24.0 Å². The molecule has 0 saturated carbocycles. The summed E-state index contributed by atoms with van der Waals surface area (Å²) >= 11 is 1.53. The van der Waals surface area contributed by atoms with E-state index in [4.69, 9.17) is 9.47 Å². The molecule has 0 aliphatic heterocycles. The number of esters is 1. The van der Waals surface area contributed by atoms with Gasteiger partial charge >= 0.3 is 12.1 Å². The van der Waals surface area contributed by atoms with Gasteiger partial charge in [0.15, 0.2) is 0 Å². The van der Waals surface area contributed by atoms with Crippen LogP contribution in [0.25, 0.3) is 0 Å². The molecule has 0 aromatic heterocycles. The van der Waals surface area contributed by atoms with Crippen LogP contribution in [0.3, 0.4) is 0 Å². The molecule has 4 amide bonds. The maximum absolute atomic E-state index is 13.4. The summed E-state index contributed by atoms with van der Waals surface area (Å²) in [5, 5.41) is 10.6. The van der Waals surface area contributed by atoms with Crippen molar-refractivity contribution in [1.82, 2.24) is 21.3 Å². The lowest BCUT2D eigenvalue weighted by Crippen LogP contribution is -2.56. The van der Waals surface area contributed by atoms with E-state index in [1.165, 1.54) is 18.9 Å². The molecule has 0 unspecified atom stereocenters. The van der Waals surface area contributed by atoms with Crippen LogP contribution in [-0.2, 0) is 41.7 Å². The second kappa shape index (κ2) is 19.9. The number of unbranched alkanes of at least 4 members (excludes halogenated alkanes) is 1. The molecule has 0 fully saturated rings. The summed E-state index contributed by atoms with van der Waals surface area (Å²) in [7, 11) is 1.23. The number of carbonyl (C=O) groups excluding carboxylic acids is 5. The average Bonchev–Trinajstić information content (AvgIpc) is 3.01. The van der Waals surface area contributed by atoms with E-state index in [2.05, 4.69) is 21.3 Å². The van der Waals surface area contributed by atoms with Gasteiger partial charge in [0, 0.05) is 13.0 Å². The van der Waals surface area contributed by atoms with Gasteiger partial charge in [-0.2, -0.15) is 11.8 Å². The Labute approximate surface area is 250 Å². The number of hydrogen-bond donors (Lipinski definition) is 4. The van der Waals surface area contributed by atoms with Gasteiger partial charge in [0.2, 0.25) is 18.2 Å². The van der Waals surface area contributed by atoms with Crippen LogP contribution in [0, 0.1) is 0 Å². The lowest BCUT2D eigenvalue weighted by molar-refractivity contribution is -0.145. The number of nitrogens with one attached hydrogen (secondary N) is 4. The third kappa shape index (κ3) is 13.1. The molecule has 12 heteroatoms. The predicted octanol–water partition coefficient (Wildman–Crippen LogP) is 2.34. The number of benzene rings is 2. The van der Waals surface area contributed by atoms with Crippen LogP contribution in [0.2, 0.25) is 0 Å². The summed E-state index contributed by atoms with van der Waals surface area (Å²) in [5.41, 5.74) is 1.68. The van der Waals surface area contributed by atoms with Gasteiger partial charge in [0.05, 0.1) is 7.11 Å². The molecule has 228 valence electrons. The zero-order valence-electron chi connectivity index (χ0n) is 24.0. The molecule has 42 heavy (non-hydrogen) atoms. The molecule has 0 bridgehead atoms. The van der Waals surface area contributed by atoms with Crippen molar-refractivity contribution in [2.75, 3.05) is 25.7 Å². The van der Waals surface area contributed by atoms with Crippen molar-refractivity contribution in [1.29, 1.82) is 0 Å². The van der Waals surface area contributed by atoms with Crippen LogP contribution in [-0.4, -0.2) is 74.1 Å². The van der Waals surface area contributed by atoms with E-state index >= 15 is 0 Å². The fourth-order valence-corrected chi connectivity index (χ4v) is 4.51. The Morgan fingerprint density at radius 2 is 1.45 bits per heavy atom. The summed E-state index contributed by atoms with van der Waals surface area (Å²) in [6, 6.07) is 15.7. The van der Waals surface area contributed by atoms with Crippen LogP contribution in [0.15, 0.2) is 60.7 Å². The third-order valence-corrected chi connectivity index (χ3v) is 6.96. The monoisotopic (exact) mass is 600 g/mol. The first-order chi connectivity index (χ1) is 20.4. The predicted molar refractivity (Wildman–Crippen MR) is 160 cm³/mol. The van der Waals surface area contributed by atoms with Gasteiger partial charge in [-0.1, -0.05) is 60.7 Å². The summed E-state index contributed by atoms with van der Waals surface area (Å²) in [5.74, 6) is -1.03. The molecule has 0 aliphatic rings. The number of rotatable bonds is 19. The smallest absolute Gasteiger partial charge is 0.407 e. The van der Waals surface area contributed by atoms with E-state index < -0.39 is 42.0 Å². The minimum Gasteiger partial charge on any atom is -0.467 e. The molecule has 2 aromatic rings. The van der Waals surface area contributed by atoms with E-state index in [1.807, 2.05) is 66.9 Å². The van der Waals surface area contributed by atoms with Crippen molar-refractivity contribution in [3.05, 3.63) is 71.8 Å². The number of ether oxygens (including phenoxy) is 2. The normalized spacial score (nSPS) is 12.6. The first-order valence-corrected chi connectivity index (χ1v) is 15.1. The van der Waals surface area contributed by atoms with Crippen molar-refractivity contribution < 1.29 is 33.4 Å². The fraction of sp³-hybridized carbons (Fsp3) is 0.433. The summed E-state index contributed by atoms with van der Waals surface area (Å²) in [4.78, 5) is 61.9. The highest BCUT2D eigenvalue weighted by molar-refractivity contribution is 7.98. The molecule has 0 aliphatic carbocycles. The van der Waals surface area contributed by atoms with Crippen molar-refractivity contribution >= 4 is 42.0 Å². The number of carbonyl (C=O) groups is 5. The maximum atomic E-state index is 13.4. The second-order valence-corrected chi connectivity index (χ2v) is 10.4. The number of alkyl carbamates (subject to hydrolysis) is 1. The first kappa shape index (κ1) is 34.1. The Hall–Kier alpha value is -4.06. The highest BCUT2D eigenvalue weighted by Crippen LogP contribution is 2.09. The minimum absolute atomic E-state index is 0.160. The topological polar surface area (TPSA) is 152 Å². The van der Waals surface area contributed by atoms with Crippen molar-refractivity contribution in [2.45, 2.75) is 56.8 Å². The highest BCUT2D eigenvalue weighted by Gasteiger charge is 2.29. The zero-order valence-corrected chi connectivity index (χ0v) is 24.8. The summed E-state index contributed by atoms with van der Waals surface area (Å²) in [6.07, 6.45) is 3.66. The van der Waals surface area contributed by atoms with Gasteiger partial charge < -0.3 is 30.7 Å². The molecule has 2 rings (SSSR count). The molecule has 4 N–H and O–H groups in total. The van der Waals surface area contributed by atoms with Crippen LogP contribution < -0.4 is 21.3 Å². The summed E-state index contributed by atoms with van der Waals surface area (Å²) in [6.45, 7) is 0.483. The zero-order chi connectivity index (χ0) is 30.6. The van der Waals surface area contributed by atoms with E-state index in [0.29, 0.717) is 38.0 Å². The van der Waals surface area contributed by atoms with E-state index in [0.717, 1.165) is 11.1 Å². The van der Waals surface area contributed by atoms with Crippen molar-refractivity contribution in [2.24, 2.45) is 0 Å². The van der Waals surface area contributed by atoms with E-state index in [-0.39, 0.29) is 19.4 Å². The van der Waals surface area contributed by atoms with Crippen LogP contribution in [0.5, 0.6) is 0 Å². The Bertz CT molecular complexity index is 1120. The molecule has 11 nitrogen and oxygen atoms in total. The van der Waals surface area contributed by atoms with Gasteiger partial charge in [0.1, 0.15) is 24.7 Å². The van der Waals surface area contributed by atoms with Crippen molar-refractivity contribution in [3.63, 3.8) is 0 Å². The lowest BCUT2D eigenvalue weighted by atomic mass is 10.0. The van der Waals surface area contributed by atoms with Crippen LogP contribution >= 0.6 is 11.8 Å². The molecular weight excluding hydrogens is 560 g/mol. The lowest BCUT2D eigenvalue weighted by Gasteiger charge is -2.24. The highest BCUT2D eigenvalue weighted by atomic mass is 32.2.